The Morgan fingerprint density at radius 1 is 1.42 bits per heavy atom. The summed E-state index contributed by atoms with van der Waals surface area (Å²) in [5.41, 5.74) is 0. The number of hydrogen-bond donors (Lipinski definition) is 0. The number of carbonyl (C=O) groups is 2. The Hall–Kier alpha value is -1.52. The lowest BCUT2D eigenvalue weighted by atomic mass is 9.92. The average molecular weight is 265 g/mol. The summed E-state index contributed by atoms with van der Waals surface area (Å²) in [5, 5.41) is 0. The molecule has 2 fully saturated rings. The third kappa shape index (κ3) is 2.46. The van der Waals surface area contributed by atoms with Gasteiger partial charge in [0.1, 0.15) is 12.7 Å². The molecule has 1 aliphatic heterocycles. The number of allylic oxidation sites excluding steroid dienone is 2. The second-order valence-corrected chi connectivity index (χ2v) is 5.74. The molecule has 1 amide bonds. The smallest absolute Gasteiger partial charge is 0.430 e. The van der Waals surface area contributed by atoms with Gasteiger partial charge in [-0.2, -0.15) is 0 Å². The lowest BCUT2D eigenvalue weighted by Crippen LogP contribution is -2.36. The van der Waals surface area contributed by atoms with E-state index in [1.165, 1.54) is 0 Å². The number of nitrogens with zero attached hydrogens (tertiary/aromatic N) is 1. The molecule has 4 unspecified atom stereocenters. The Morgan fingerprint density at radius 3 is 2.84 bits per heavy atom. The predicted octanol–water partition coefficient (Wildman–Crippen LogP) is 1.58. The van der Waals surface area contributed by atoms with Crippen molar-refractivity contribution in [2.24, 2.45) is 17.8 Å². The van der Waals surface area contributed by atoms with Crippen LogP contribution >= 0.6 is 0 Å². The van der Waals surface area contributed by atoms with Crippen molar-refractivity contribution in [1.29, 1.82) is 0 Å². The van der Waals surface area contributed by atoms with E-state index in [-0.39, 0.29) is 17.9 Å². The lowest BCUT2D eigenvalue weighted by Gasteiger charge is -2.25. The van der Waals surface area contributed by atoms with Crippen LogP contribution in [-0.4, -0.2) is 43.3 Å². The van der Waals surface area contributed by atoms with E-state index < -0.39 is 6.16 Å². The number of rotatable bonds is 4. The highest BCUT2D eigenvalue weighted by atomic mass is 16.8. The van der Waals surface area contributed by atoms with Gasteiger partial charge in [-0.25, -0.2) is 4.79 Å². The molecule has 1 saturated heterocycles. The quantitative estimate of drug-likeness (QED) is 0.572. The van der Waals surface area contributed by atoms with Crippen molar-refractivity contribution in [3.63, 3.8) is 0 Å². The fourth-order valence-corrected chi connectivity index (χ4v) is 3.30. The molecule has 0 aromatic rings. The molecule has 2 aliphatic carbocycles. The summed E-state index contributed by atoms with van der Waals surface area (Å²) in [6, 6.07) is 0. The Morgan fingerprint density at radius 2 is 2.26 bits per heavy atom. The number of cyclic esters (lactones) is 2. The minimum atomic E-state index is -0.600. The van der Waals surface area contributed by atoms with Crippen molar-refractivity contribution in [2.75, 3.05) is 20.2 Å². The van der Waals surface area contributed by atoms with Gasteiger partial charge in [-0.05, 0) is 24.7 Å². The van der Waals surface area contributed by atoms with Crippen molar-refractivity contribution in [1.82, 2.24) is 4.90 Å². The molecule has 4 atom stereocenters. The Balaban J connectivity index is 1.47. The SMILES string of the molecule is CN(CCC1COC(=O)O1)C(=O)C1CC2C=CC1C2. The van der Waals surface area contributed by atoms with Gasteiger partial charge < -0.3 is 14.4 Å². The van der Waals surface area contributed by atoms with Crippen LogP contribution in [-0.2, 0) is 14.3 Å². The van der Waals surface area contributed by atoms with Crippen molar-refractivity contribution in [2.45, 2.75) is 25.4 Å². The van der Waals surface area contributed by atoms with E-state index in [0.717, 1.165) is 12.8 Å². The van der Waals surface area contributed by atoms with Crippen LogP contribution in [0.15, 0.2) is 12.2 Å². The maximum absolute atomic E-state index is 12.4. The average Bonchev–Trinajstić information content (AvgIpc) is 3.11. The van der Waals surface area contributed by atoms with Crippen LogP contribution in [0.3, 0.4) is 0 Å². The molecule has 19 heavy (non-hydrogen) atoms. The van der Waals surface area contributed by atoms with Crippen LogP contribution in [0.1, 0.15) is 19.3 Å². The van der Waals surface area contributed by atoms with E-state index in [1.807, 2.05) is 7.05 Å². The summed E-state index contributed by atoms with van der Waals surface area (Å²) >= 11 is 0. The number of hydrogen-bond acceptors (Lipinski definition) is 4. The first-order chi connectivity index (χ1) is 9.13. The highest BCUT2D eigenvalue weighted by Crippen LogP contribution is 2.44. The zero-order valence-electron chi connectivity index (χ0n) is 11.1. The molecule has 1 saturated carbocycles. The van der Waals surface area contributed by atoms with Crippen LogP contribution in [0.2, 0.25) is 0 Å². The lowest BCUT2D eigenvalue weighted by molar-refractivity contribution is -0.135. The molecule has 5 heteroatoms. The highest BCUT2D eigenvalue weighted by Gasteiger charge is 2.40. The summed E-state index contributed by atoms with van der Waals surface area (Å²) in [5.74, 6) is 1.42. The molecule has 0 radical (unpaired) electrons. The minimum absolute atomic E-state index is 0.155. The summed E-state index contributed by atoms with van der Waals surface area (Å²) in [6.45, 7) is 0.912. The maximum Gasteiger partial charge on any atom is 0.508 e. The zero-order chi connectivity index (χ0) is 13.4. The fraction of sp³-hybridized carbons (Fsp3) is 0.714. The van der Waals surface area contributed by atoms with Gasteiger partial charge in [0, 0.05) is 25.9 Å². The normalized spacial score (nSPS) is 35.3. The highest BCUT2D eigenvalue weighted by molar-refractivity contribution is 5.79. The fourth-order valence-electron chi connectivity index (χ4n) is 3.30. The number of amides is 1. The second kappa shape index (κ2) is 4.87. The molecule has 104 valence electrons. The van der Waals surface area contributed by atoms with Crippen LogP contribution in [0, 0.1) is 17.8 Å². The van der Waals surface area contributed by atoms with Gasteiger partial charge in [0.05, 0.1) is 0 Å². The molecular weight excluding hydrogens is 246 g/mol. The van der Waals surface area contributed by atoms with Gasteiger partial charge in [-0.3, -0.25) is 4.79 Å². The van der Waals surface area contributed by atoms with Crippen LogP contribution < -0.4 is 0 Å². The Kier molecular flexibility index (Phi) is 3.21. The molecule has 0 aromatic carbocycles. The predicted molar refractivity (Wildman–Crippen MR) is 67.3 cm³/mol. The first-order valence-electron chi connectivity index (χ1n) is 6.90. The number of ether oxygens (including phenoxy) is 2. The molecule has 3 aliphatic rings. The molecule has 1 heterocycles. The first kappa shape index (κ1) is 12.5. The van der Waals surface area contributed by atoms with E-state index >= 15 is 0 Å². The van der Waals surface area contributed by atoms with E-state index in [1.54, 1.807) is 4.90 Å². The molecule has 5 nitrogen and oxygen atoms in total. The third-order valence-electron chi connectivity index (χ3n) is 4.41. The van der Waals surface area contributed by atoms with Gasteiger partial charge in [-0.15, -0.1) is 0 Å². The first-order valence-corrected chi connectivity index (χ1v) is 6.90. The maximum atomic E-state index is 12.4. The van der Waals surface area contributed by atoms with Crippen LogP contribution in [0.5, 0.6) is 0 Å². The van der Waals surface area contributed by atoms with Gasteiger partial charge >= 0.3 is 6.16 Å². The number of carbonyl (C=O) groups excluding carboxylic acids is 2. The van der Waals surface area contributed by atoms with Gasteiger partial charge in [0.25, 0.3) is 0 Å². The topological polar surface area (TPSA) is 55.8 Å². The Bertz CT molecular complexity index is 420. The molecule has 0 N–H and O–H groups in total. The number of fused-ring (bicyclic) bond motifs is 2. The molecule has 0 spiro atoms. The van der Waals surface area contributed by atoms with E-state index in [0.29, 0.717) is 31.4 Å². The molecular formula is C14H19NO4. The summed E-state index contributed by atoms with van der Waals surface area (Å²) in [4.78, 5) is 24.9. The Labute approximate surface area is 112 Å². The standard InChI is InChI=1S/C14H19NO4/c1-15(5-4-11-8-18-14(17)19-11)13(16)12-7-9-2-3-10(12)6-9/h2-3,9-12H,4-8H2,1H3. The van der Waals surface area contributed by atoms with Crippen molar-refractivity contribution in [3.8, 4) is 0 Å². The zero-order valence-corrected chi connectivity index (χ0v) is 11.1. The largest absolute Gasteiger partial charge is 0.508 e. The van der Waals surface area contributed by atoms with E-state index in [4.69, 9.17) is 9.47 Å². The molecule has 3 rings (SSSR count). The van der Waals surface area contributed by atoms with Crippen LogP contribution in [0.4, 0.5) is 4.79 Å². The van der Waals surface area contributed by atoms with E-state index in [9.17, 15) is 9.59 Å². The van der Waals surface area contributed by atoms with Crippen LogP contribution in [0.25, 0.3) is 0 Å². The van der Waals surface area contributed by atoms with Crippen molar-refractivity contribution < 1.29 is 19.1 Å². The van der Waals surface area contributed by atoms with E-state index in [2.05, 4.69) is 12.2 Å². The minimum Gasteiger partial charge on any atom is -0.430 e. The van der Waals surface area contributed by atoms with Gasteiger partial charge in [-0.1, -0.05) is 12.2 Å². The van der Waals surface area contributed by atoms with Gasteiger partial charge in [0.2, 0.25) is 5.91 Å². The summed E-state index contributed by atoms with van der Waals surface area (Å²) < 4.78 is 9.68. The third-order valence-corrected chi connectivity index (χ3v) is 4.41. The molecule has 2 bridgehead atoms. The van der Waals surface area contributed by atoms with Crippen molar-refractivity contribution in [3.05, 3.63) is 12.2 Å². The summed E-state index contributed by atoms with van der Waals surface area (Å²) in [6.07, 6.45) is 6.40. The van der Waals surface area contributed by atoms with Gasteiger partial charge in [0.15, 0.2) is 0 Å². The second-order valence-electron chi connectivity index (χ2n) is 5.74. The summed E-state index contributed by atoms with van der Waals surface area (Å²) in [7, 11) is 1.83. The monoisotopic (exact) mass is 265 g/mol. The molecule has 0 aromatic heterocycles. The van der Waals surface area contributed by atoms with Crippen molar-refractivity contribution >= 4 is 12.1 Å².